The van der Waals surface area contributed by atoms with E-state index in [1.807, 2.05) is 6.92 Å². The predicted molar refractivity (Wildman–Crippen MR) is 87.1 cm³/mol. The summed E-state index contributed by atoms with van der Waals surface area (Å²) in [5.74, 6) is 0.450. The zero-order valence-corrected chi connectivity index (χ0v) is 13.2. The van der Waals surface area contributed by atoms with Crippen LogP contribution in [0.3, 0.4) is 0 Å². The van der Waals surface area contributed by atoms with Crippen LogP contribution in [0.4, 0.5) is 10.5 Å². The number of rotatable bonds is 6. The number of carbonyl (C=O) groups is 3. The highest BCUT2D eigenvalue weighted by atomic mass is 32.2. The number of hydrogen-bond donors (Lipinski definition) is 2. The Balaban J connectivity index is 1.87. The first-order chi connectivity index (χ1) is 10.6. The summed E-state index contributed by atoms with van der Waals surface area (Å²) >= 11 is 1.28. The molecule has 7 heteroatoms. The van der Waals surface area contributed by atoms with Crippen LogP contribution in [0.1, 0.15) is 23.7 Å². The fourth-order valence-electron chi connectivity index (χ4n) is 2.09. The molecule has 22 heavy (non-hydrogen) atoms. The molecule has 3 amide bonds. The molecule has 0 unspecified atom stereocenters. The van der Waals surface area contributed by atoms with Crippen LogP contribution in [-0.4, -0.2) is 47.3 Å². The van der Waals surface area contributed by atoms with Crippen molar-refractivity contribution in [2.75, 3.05) is 30.7 Å². The normalized spacial score (nSPS) is 14.0. The van der Waals surface area contributed by atoms with Gasteiger partial charge in [0.25, 0.3) is 11.1 Å². The number of benzene rings is 1. The highest BCUT2D eigenvalue weighted by Gasteiger charge is 2.21. The lowest BCUT2D eigenvalue weighted by Gasteiger charge is -2.14. The van der Waals surface area contributed by atoms with Gasteiger partial charge in [-0.3, -0.25) is 14.4 Å². The maximum Gasteiger partial charge on any atom is 0.281 e. The lowest BCUT2D eigenvalue weighted by molar-refractivity contribution is -0.116. The molecule has 1 saturated heterocycles. The van der Waals surface area contributed by atoms with E-state index in [-0.39, 0.29) is 23.5 Å². The standard InChI is InChI=1S/C15H19N3O3S/c1-2-16-14(20)11-4-3-5-12(10-11)17-13(19)6-7-18-8-9-22-15(18)21/h3-5,10H,2,6-9H2,1H3,(H,16,20)(H,17,19). The van der Waals surface area contributed by atoms with E-state index < -0.39 is 0 Å². The topological polar surface area (TPSA) is 78.5 Å². The molecular weight excluding hydrogens is 302 g/mol. The summed E-state index contributed by atoms with van der Waals surface area (Å²) in [6.45, 7) is 3.52. The second kappa shape index (κ2) is 7.84. The fourth-order valence-corrected chi connectivity index (χ4v) is 2.94. The van der Waals surface area contributed by atoms with Gasteiger partial charge in [-0.2, -0.15) is 0 Å². The van der Waals surface area contributed by atoms with Crippen LogP contribution in [0.5, 0.6) is 0 Å². The van der Waals surface area contributed by atoms with Crippen molar-refractivity contribution < 1.29 is 14.4 Å². The molecule has 118 valence electrons. The van der Waals surface area contributed by atoms with E-state index in [4.69, 9.17) is 0 Å². The van der Waals surface area contributed by atoms with E-state index >= 15 is 0 Å². The maximum atomic E-state index is 11.9. The van der Waals surface area contributed by atoms with Gasteiger partial charge in [-0.15, -0.1) is 0 Å². The van der Waals surface area contributed by atoms with Crippen molar-refractivity contribution in [2.45, 2.75) is 13.3 Å². The van der Waals surface area contributed by atoms with Crippen molar-refractivity contribution in [2.24, 2.45) is 0 Å². The molecule has 1 aliphatic heterocycles. The summed E-state index contributed by atoms with van der Waals surface area (Å²) in [5, 5.41) is 5.50. The SMILES string of the molecule is CCNC(=O)c1cccc(NC(=O)CCN2CCSC2=O)c1. The van der Waals surface area contributed by atoms with Crippen molar-refractivity contribution >= 4 is 34.5 Å². The van der Waals surface area contributed by atoms with Crippen molar-refractivity contribution in [1.29, 1.82) is 0 Å². The maximum absolute atomic E-state index is 11.9. The highest BCUT2D eigenvalue weighted by molar-refractivity contribution is 8.13. The molecule has 0 spiro atoms. The summed E-state index contributed by atoms with van der Waals surface area (Å²) in [4.78, 5) is 36.8. The monoisotopic (exact) mass is 321 g/mol. The molecular formula is C15H19N3O3S. The second-order valence-corrected chi connectivity index (χ2v) is 5.89. The van der Waals surface area contributed by atoms with Gasteiger partial charge in [0.15, 0.2) is 0 Å². The summed E-state index contributed by atoms with van der Waals surface area (Å²) in [5.41, 5.74) is 1.08. The van der Waals surface area contributed by atoms with Gasteiger partial charge in [-0.05, 0) is 25.1 Å². The van der Waals surface area contributed by atoms with Gasteiger partial charge in [0.2, 0.25) is 5.91 Å². The van der Waals surface area contributed by atoms with E-state index in [1.165, 1.54) is 11.8 Å². The highest BCUT2D eigenvalue weighted by Crippen LogP contribution is 2.17. The average Bonchev–Trinajstić information content (AvgIpc) is 2.91. The zero-order chi connectivity index (χ0) is 15.9. The van der Waals surface area contributed by atoms with E-state index in [0.29, 0.717) is 30.9 Å². The Morgan fingerprint density at radius 3 is 2.86 bits per heavy atom. The number of thioether (sulfide) groups is 1. The van der Waals surface area contributed by atoms with Gasteiger partial charge in [0, 0.05) is 43.1 Å². The van der Waals surface area contributed by atoms with Crippen LogP contribution in [0, 0.1) is 0 Å². The number of nitrogens with one attached hydrogen (secondary N) is 2. The Hall–Kier alpha value is -2.02. The van der Waals surface area contributed by atoms with Crippen LogP contribution >= 0.6 is 11.8 Å². The lowest BCUT2D eigenvalue weighted by atomic mass is 10.2. The van der Waals surface area contributed by atoms with Crippen LogP contribution in [0.25, 0.3) is 0 Å². The van der Waals surface area contributed by atoms with E-state index in [9.17, 15) is 14.4 Å². The van der Waals surface area contributed by atoms with Gasteiger partial charge in [0.05, 0.1) is 0 Å². The third kappa shape index (κ3) is 4.49. The largest absolute Gasteiger partial charge is 0.352 e. The summed E-state index contributed by atoms with van der Waals surface area (Å²) < 4.78 is 0. The molecule has 1 aliphatic rings. The molecule has 1 aromatic rings. The molecule has 0 atom stereocenters. The van der Waals surface area contributed by atoms with Gasteiger partial charge in [-0.25, -0.2) is 0 Å². The molecule has 6 nitrogen and oxygen atoms in total. The first-order valence-corrected chi connectivity index (χ1v) is 8.18. The molecule has 0 aromatic heterocycles. The van der Waals surface area contributed by atoms with E-state index in [0.717, 1.165) is 5.75 Å². The minimum absolute atomic E-state index is 0.0334. The Morgan fingerprint density at radius 1 is 1.36 bits per heavy atom. The molecule has 1 heterocycles. The molecule has 1 aromatic carbocycles. The molecule has 0 aliphatic carbocycles. The Morgan fingerprint density at radius 2 is 2.18 bits per heavy atom. The van der Waals surface area contributed by atoms with Crippen molar-refractivity contribution in [3.8, 4) is 0 Å². The zero-order valence-electron chi connectivity index (χ0n) is 12.4. The summed E-state index contributed by atoms with van der Waals surface area (Å²) in [7, 11) is 0. The fraction of sp³-hybridized carbons (Fsp3) is 0.400. The van der Waals surface area contributed by atoms with Crippen LogP contribution in [0.2, 0.25) is 0 Å². The minimum atomic E-state index is -0.169. The lowest BCUT2D eigenvalue weighted by Crippen LogP contribution is -2.27. The van der Waals surface area contributed by atoms with E-state index in [2.05, 4.69) is 10.6 Å². The van der Waals surface area contributed by atoms with Gasteiger partial charge < -0.3 is 15.5 Å². The predicted octanol–water partition coefficient (Wildman–Crippen LogP) is 1.93. The first-order valence-electron chi connectivity index (χ1n) is 7.20. The average molecular weight is 321 g/mol. The van der Waals surface area contributed by atoms with Crippen LogP contribution < -0.4 is 10.6 Å². The van der Waals surface area contributed by atoms with Crippen molar-refractivity contribution in [1.82, 2.24) is 10.2 Å². The smallest absolute Gasteiger partial charge is 0.281 e. The number of carbonyl (C=O) groups excluding carboxylic acids is 3. The Labute approximate surface area is 133 Å². The second-order valence-electron chi connectivity index (χ2n) is 4.84. The first kappa shape index (κ1) is 16.4. The number of nitrogens with zero attached hydrogens (tertiary/aromatic N) is 1. The van der Waals surface area contributed by atoms with Gasteiger partial charge >= 0.3 is 0 Å². The van der Waals surface area contributed by atoms with Crippen LogP contribution in [-0.2, 0) is 4.79 Å². The van der Waals surface area contributed by atoms with Crippen LogP contribution in [0.15, 0.2) is 24.3 Å². The molecule has 0 radical (unpaired) electrons. The number of anilines is 1. The minimum Gasteiger partial charge on any atom is -0.352 e. The number of hydrogen-bond acceptors (Lipinski definition) is 4. The van der Waals surface area contributed by atoms with Crippen molar-refractivity contribution in [3.05, 3.63) is 29.8 Å². The molecule has 2 N–H and O–H groups in total. The molecule has 2 rings (SSSR count). The van der Waals surface area contributed by atoms with Gasteiger partial charge in [-0.1, -0.05) is 17.8 Å². The molecule has 1 fully saturated rings. The quantitative estimate of drug-likeness (QED) is 0.839. The molecule has 0 bridgehead atoms. The summed E-state index contributed by atoms with van der Waals surface area (Å²) in [6, 6.07) is 6.79. The van der Waals surface area contributed by atoms with Gasteiger partial charge in [0.1, 0.15) is 0 Å². The van der Waals surface area contributed by atoms with E-state index in [1.54, 1.807) is 29.2 Å². The number of amides is 3. The molecule has 0 saturated carbocycles. The third-order valence-corrected chi connectivity index (χ3v) is 4.09. The third-order valence-electron chi connectivity index (χ3n) is 3.20. The Kier molecular flexibility index (Phi) is 5.83. The Bertz CT molecular complexity index is 577. The summed E-state index contributed by atoms with van der Waals surface area (Å²) in [6.07, 6.45) is 0.248. The van der Waals surface area contributed by atoms with Crippen molar-refractivity contribution in [3.63, 3.8) is 0 Å².